The van der Waals surface area contributed by atoms with Gasteiger partial charge in [0.2, 0.25) is 0 Å². The molecule has 1 aromatic rings. The molecule has 0 nitrogen and oxygen atoms in total. The molecule has 0 spiro atoms. The summed E-state index contributed by atoms with van der Waals surface area (Å²) in [7, 11) is -0.969. The van der Waals surface area contributed by atoms with Gasteiger partial charge in [-0.05, 0) is 23.1 Å². The standard InChI is InChI=1S/C10H16SSi/c1-9(8-12(2,3)4)10-6-5-7-11-10/h5-7H,1,8H2,2-4H3. The summed E-state index contributed by atoms with van der Waals surface area (Å²) < 4.78 is 0. The average Bonchev–Trinajstić information content (AvgIpc) is 2.32. The summed E-state index contributed by atoms with van der Waals surface area (Å²) in [5, 5.41) is 2.12. The van der Waals surface area contributed by atoms with Gasteiger partial charge in [0.15, 0.2) is 0 Å². The van der Waals surface area contributed by atoms with Crippen LogP contribution in [0.1, 0.15) is 4.88 Å². The van der Waals surface area contributed by atoms with E-state index in [4.69, 9.17) is 0 Å². The quantitative estimate of drug-likeness (QED) is 0.639. The Bertz CT molecular complexity index is 254. The Hall–Kier alpha value is -0.343. The molecule has 12 heavy (non-hydrogen) atoms. The zero-order chi connectivity index (χ0) is 9.19. The van der Waals surface area contributed by atoms with Crippen molar-refractivity contribution in [3.63, 3.8) is 0 Å². The molecule has 0 saturated heterocycles. The zero-order valence-electron chi connectivity index (χ0n) is 8.05. The Kier molecular flexibility index (Phi) is 2.91. The summed E-state index contributed by atoms with van der Waals surface area (Å²) in [6.07, 6.45) is 0. The van der Waals surface area contributed by atoms with Crippen LogP contribution in [0.25, 0.3) is 5.57 Å². The molecule has 0 fully saturated rings. The highest BCUT2D eigenvalue weighted by Crippen LogP contribution is 2.26. The first-order chi connectivity index (χ1) is 5.49. The predicted octanol–water partition coefficient (Wildman–Crippen LogP) is 4.10. The van der Waals surface area contributed by atoms with Crippen LogP contribution < -0.4 is 0 Å². The number of hydrogen-bond donors (Lipinski definition) is 0. The maximum absolute atomic E-state index is 4.13. The highest BCUT2D eigenvalue weighted by Gasteiger charge is 2.15. The van der Waals surface area contributed by atoms with Crippen molar-refractivity contribution < 1.29 is 0 Å². The molecule has 1 heterocycles. The van der Waals surface area contributed by atoms with E-state index in [0.29, 0.717) is 0 Å². The molecule has 0 aliphatic rings. The molecule has 0 N–H and O–H groups in total. The van der Waals surface area contributed by atoms with Gasteiger partial charge in [-0.15, -0.1) is 11.3 Å². The second-order valence-electron chi connectivity index (χ2n) is 4.32. The van der Waals surface area contributed by atoms with Crippen molar-refractivity contribution in [2.75, 3.05) is 0 Å². The molecule has 0 amide bonds. The molecule has 0 aliphatic heterocycles. The second kappa shape index (κ2) is 3.58. The molecule has 0 bridgehead atoms. The van der Waals surface area contributed by atoms with Gasteiger partial charge < -0.3 is 0 Å². The average molecular weight is 196 g/mol. The van der Waals surface area contributed by atoms with E-state index in [0.717, 1.165) is 0 Å². The molecule has 0 saturated carbocycles. The van der Waals surface area contributed by atoms with E-state index in [2.05, 4.69) is 43.7 Å². The smallest absolute Gasteiger partial charge is 0.0487 e. The molecule has 0 atom stereocenters. The third-order valence-electron chi connectivity index (χ3n) is 1.61. The Morgan fingerprint density at radius 1 is 1.50 bits per heavy atom. The van der Waals surface area contributed by atoms with Crippen LogP contribution in [-0.2, 0) is 0 Å². The summed E-state index contributed by atoms with van der Waals surface area (Å²) in [4.78, 5) is 1.36. The van der Waals surface area contributed by atoms with Gasteiger partial charge in [-0.25, -0.2) is 0 Å². The van der Waals surface area contributed by atoms with Crippen molar-refractivity contribution in [1.82, 2.24) is 0 Å². The van der Waals surface area contributed by atoms with E-state index in [1.165, 1.54) is 16.5 Å². The molecule has 1 aromatic heterocycles. The van der Waals surface area contributed by atoms with E-state index in [-0.39, 0.29) is 0 Å². The highest BCUT2D eigenvalue weighted by molar-refractivity contribution is 7.11. The molecule has 0 unspecified atom stereocenters. The van der Waals surface area contributed by atoms with Crippen molar-refractivity contribution in [2.24, 2.45) is 0 Å². The van der Waals surface area contributed by atoms with Crippen LogP contribution in [0.4, 0.5) is 0 Å². The second-order valence-corrected chi connectivity index (χ2v) is 10.7. The van der Waals surface area contributed by atoms with E-state index < -0.39 is 8.07 Å². The first kappa shape index (κ1) is 9.74. The van der Waals surface area contributed by atoms with Crippen LogP contribution in [0.15, 0.2) is 24.1 Å². The lowest BCUT2D eigenvalue weighted by Gasteiger charge is -2.16. The van der Waals surface area contributed by atoms with E-state index in [1.54, 1.807) is 11.3 Å². The molecular weight excluding hydrogens is 180 g/mol. The molecule has 0 aliphatic carbocycles. The van der Waals surface area contributed by atoms with Gasteiger partial charge in [0.25, 0.3) is 0 Å². The van der Waals surface area contributed by atoms with Gasteiger partial charge in [0, 0.05) is 13.0 Å². The third kappa shape index (κ3) is 2.95. The molecule has 66 valence electrons. The number of rotatable bonds is 3. The lowest BCUT2D eigenvalue weighted by atomic mass is 10.3. The molecule has 0 aromatic carbocycles. The Morgan fingerprint density at radius 2 is 2.17 bits per heavy atom. The Morgan fingerprint density at radius 3 is 2.58 bits per heavy atom. The van der Waals surface area contributed by atoms with Gasteiger partial charge in [-0.1, -0.05) is 32.3 Å². The minimum absolute atomic E-state index is 0.969. The summed E-state index contributed by atoms with van der Waals surface area (Å²) in [6.45, 7) is 11.3. The van der Waals surface area contributed by atoms with Crippen LogP contribution in [0.3, 0.4) is 0 Å². The van der Waals surface area contributed by atoms with Crippen LogP contribution in [-0.4, -0.2) is 8.07 Å². The molecule has 0 radical (unpaired) electrons. The normalized spacial score (nSPS) is 11.6. The van der Waals surface area contributed by atoms with Crippen molar-refractivity contribution in [2.45, 2.75) is 25.7 Å². The number of hydrogen-bond acceptors (Lipinski definition) is 1. The lowest BCUT2D eigenvalue weighted by Crippen LogP contribution is -2.18. The fourth-order valence-electron chi connectivity index (χ4n) is 1.21. The summed E-state index contributed by atoms with van der Waals surface area (Å²) >= 11 is 1.79. The van der Waals surface area contributed by atoms with Crippen LogP contribution >= 0.6 is 11.3 Å². The predicted molar refractivity (Wildman–Crippen MR) is 61.5 cm³/mol. The summed E-state index contributed by atoms with van der Waals surface area (Å²) in [6, 6.07) is 5.47. The van der Waals surface area contributed by atoms with Gasteiger partial charge in [-0.3, -0.25) is 0 Å². The summed E-state index contributed by atoms with van der Waals surface area (Å²) in [5.74, 6) is 0. The van der Waals surface area contributed by atoms with E-state index in [1.807, 2.05) is 0 Å². The number of allylic oxidation sites excluding steroid dienone is 1. The van der Waals surface area contributed by atoms with Crippen molar-refractivity contribution >= 4 is 25.0 Å². The van der Waals surface area contributed by atoms with E-state index in [9.17, 15) is 0 Å². The lowest BCUT2D eigenvalue weighted by molar-refractivity contribution is 1.53. The van der Waals surface area contributed by atoms with Gasteiger partial charge >= 0.3 is 0 Å². The minimum atomic E-state index is -0.969. The first-order valence-corrected chi connectivity index (χ1v) is 8.79. The number of thiophene rings is 1. The van der Waals surface area contributed by atoms with Crippen molar-refractivity contribution in [3.05, 3.63) is 29.0 Å². The van der Waals surface area contributed by atoms with Crippen LogP contribution in [0.5, 0.6) is 0 Å². The van der Waals surface area contributed by atoms with Crippen molar-refractivity contribution in [3.8, 4) is 0 Å². The van der Waals surface area contributed by atoms with Crippen LogP contribution in [0, 0.1) is 0 Å². The first-order valence-electron chi connectivity index (χ1n) is 4.21. The van der Waals surface area contributed by atoms with Crippen molar-refractivity contribution in [1.29, 1.82) is 0 Å². The monoisotopic (exact) mass is 196 g/mol. The SMILES string of the molecule is C=C(C[Si](C)(C)C)c1cccs1. The molecule has 2 heteroatoms. The fraction of sp³-hybridized carbons (Fsp3) is 0.400. The van der Waals surface area contributed by atoms with E-state index >= 15 is 0 Å². The fourth-order valence-corrected chi connectivity index (χ4v) is 3.51. The highest BCUT2D eigenvalue weighted by atomic mass is 32.1. The minimum Gasteiger partial charge on any atom is -0.144 e. The Balaban J connectivity index is 2.63. The van der Waals surface area contributed by atoms with Gasteiger partial charge in [-0.2, -0.15) is 0 Å². The molecular formula is C10H16SSi. The zero-order valence-corrected chi connectivity index (χ0v) is 9.87. The maximum Gasteiger partial charge on any atom is 0.0487 e. The van der Waals surface area contributed by atoms with Crippen LogP contribution in [0.2, 0.25) is 25.7 Å². The largest absolute Gasteiger partial charge is 0.144 e. The third-order valence-corrected chi connectivity index (χ3v) is 4.07. The van der Waals surface area contributed by atoms with Gasteiger partial charge in [0.05, 0.1) is 0 Å². The topological polar surface area (TPSA) is 0 Å². The van der Waals surface area contributed by atoms with Gasteiger partial charge in [0.1, 0.15) is 0 Å². The maximum atomic E-state index is 4.13. The Labute approximate surface area is 80.0 Å². The summed E-state index contributed by atoms with van der Waals surface area (Å²) in [5.41, 5.74) is 1.32. The molecule has 1 rings (SSSR count).